The van der Waals surface area contributed by atoms with Crippen molar-refractivity contribution in [2.45, 2.75) is 18.9 Å². The minimum absolute atomic E-state index is 0.263. The van der Waals surface area contributed by atoms with E-state index >= 15 is 0 Å². The Kier molecular flexibility index (Phi) is 5.56. The molecule has 0 radical (unpaired) electrons. The van der Waals surface area contributed by atoms with Crippen LogP contribution >= 0.6 is 0 Å². The molecule has 136 valence electrons. The Morgan fingerprint density at radius 2 is 1.80 bits per heavy atom. The highest BCUT2D eigenvalue weighted by Gasteiger charge is 2.39. The SMILES string of the molecule is CN1CCN(C[C@@H]2CCC(=O)N2S(=O)(=O)C=Cc2ccccc2)CC1. The number of carbonyl (C=O) groups is 1. The Labute approximate surface area is 149 Å². The summed E-state index contributed by atoms with van der Waals surface area (Å²) >= 11 is 0. The monoisotopic (exact) mass is 363 g/mol. The average Bonchev–Trinajstić information content (AvgIpc) is 2.97. The third-order valence-corrected chi connectivity index (χ3v) is 6.37. The van der Waals surface area contributed by atoms with E-state index in [0.29, 0.717) is 19.4 Å². The van der Waals surface area contributed by atoms with Crippen molar-refractivity contribution in [3.63, 3.8) is 0 Å². The number of rotatable bonds is 5. The summed E-state index contributed by atoms with van der Waals surface area (Å²) in [6, 6.07) is 8.98. The van der Waals surface area contributed by atoms with Gasteiger partial charge in [0, 0.05) is 39.1 Å². The second-order valence-electron chi connectivity index (χ2n) is 6.74. The third kappa shape index (κ3) is 4.48. The molecule has 2 saturated heterocycles. The predicted octanol–water partition coefficient (Wildman–Crippen LogP) is 1.23. The lowest BCUT2D eigenvalue weighted by atomic mass is 10.2. The predicted molar refractivity (Wildman–Crippen MR) is 98.2 cm³/mol. The maximum atomic E-state index is 12.7. The van der Waals surface area contributed by atoms with Crippen LogP contribution in [0.1, 0.15) is 18.4 Å². The van der Waals surface area contributed by atoms with Gasteiger partial charge in [-0.2, -0.15) is 0 Å². The van der Waals surface area contributed by atoms with Gasteiger partial charge < -0.3 is 4.90 Å². The highest BCUT2D eigenvalue weighted by atomic mass is 32.2. The first-order valence-corrected chi connectivity index (χ1v) is 10.2. The molecular weight excluding hydrogens is 338 g/mol. The Morgan fingerprint density at radius 1 is 1.12 bits per heavy atom. The van der Waals surface area contributed by atoms with Crippen molar-refractivity contribution in [1.29, 1.82) is 0 Å². The number of carbonyl (C=O) groups excluding carboxylic acids is 1. The fourth-order valence-electron chi connectivity index (χ4n) is 3.36. The van der Waals surface area contributed by atoms with Crippen LogP contribution in [-0.2, 0) is 14.8 Å². The van der Waals surface area contributed by atoms with E-state index in [2.05, 4.69) is 16.8 Å². The van der Waals surface area contributed by atoms with Gasteiger partial charge in [-0.25, -0.2) is 12.7 Å². The summed E-state index contributed by atoms with van der Waals surface area (Å²) in [7, 11) is -1.67. The molecule has 1 aromatic carbocycles. The van der Waals surface area contributed by atoms with Gasteiger partial charge in [0.1, 0.15) is 0 Å². The largest absolute Gasteiger partial charge is 0.304 e. The summed E-state index contributed by atoms with van der Waals surface area (Å²) in [5.41, 5.74) is 0.799. The van der Waals surface area contributed by atoms with Crippen molar-refractivity contribution in [2.75, 3.05) is 39.8 Å². The van der Waals surface area contributed by atoms with Gasteiger partial charge in [0.05, 0.1) is 11.4 Å². The van der Waals surface area contributed by atoms with Crippen LogP contribution in [-0.4, -0.2) is 74.2 Å². The number of amides is 1. The normalized spacial score (nSPS) is 23.6. The van der Waals surface area contributed by atoms with Crippen molar-refractivity contribution in [1.82, 2.24) is 14.1 Å². The Bertz CT molecular complexity index is 725. The highest BCUT2D eigenvalue weighted by Crippen LogP contribution is 2.25. The summed E-state index contributed by atoms with van der Waals surface area (Å²) in [4.78, 5) is 16.7. The van der Waals surface area contributed by atoms with Gasteiger partial charge in [0.15, 0.2) is 0 Å². The quantitative estimate of drug-likeness (QED) is 0.787. The molecule has 7 heteroatoms. The lowest BCUT2D eigenvalue weighted by Gasteiger charge is -2.35. The van der Waals surface area contributed by atoms with E-state index in [0.717, 1.165) is 41.5 Å². The van der Waals surface area contributed by atoms with E-state index in [1.807, 2.05) is 30.3 Å². The zero-order valence-corrected chi connectivity index (χ0v) is 15.4. The molecule has 1 amide bonds. The zero-order valence-electron chi connectivity index (χ0n) is 14.5. The molecule has 0 aromatic heterocycles. The highest BCUT2D eigenvalue weighted by molar-refractivity contribution is 7.92. The fraction of sp³-hybridized carbons (Fsp3) is 0.500. The summed E-state index contributed by atoms with van der Waals surface area (Å²) in [6.07, 6.45) is 2.45. The molecule has 2 aliphatic rings. The van der Waals surface area contributed by atoms with E-state index < -0.39 is 10.0 Å². The maximum absolute atomic E-state index is 12.7. The second kappa shape index (κ2) is 7.68. The summed E-state index contributed by atoms with van der Waals surface area (Å²) in [5.74, 6) is -0.295. The molecule has 2 fully saturated rings. The Hall–Kier alpha value is -1.70. The average molecular weight is 363 g/mol. The topological polar surface area (TPSA) is 60.9 Å². The first kappa shape index (κ1) is 18.1. The van der Waals surface area contributed by atoms with E-state index in [4.69, 9.17) is 0 Å². The molecule has 0 spiro atoms. The van der Waals surface area contributed by atoms with Crippen LogP contribution < -0.4 is 0 Å². The maximum Gasteiger partial charge on any atom is 0.259 e. The smallest absolute Gasteiger partial charge is 0.259 e. The van der Waals surface area contributed by atoms with E-state index in [1.54, 1.807) is 6.08 Å². The van der Waals surface area contributed by atoms with Crippen LogP contribution in [0.4, 0.5) is 0 Å². The fourth-order valence-corrected chi connectivity index (χ4v) is 4.78. The molecule has 25 heavy (non-hydrogen) atoms. The van der Waals surface area contributed by atoms with Crippen LogP contribution in [0.2, 0.25) is 0 Å². The molecule has 0 saturated carbocycles. The number of hydrogen-bond donors (Lipinski definition) is 0. The van der Waals surface area contributed by atoms with E-state index in [9.17, 15) is 13.2 Å². The lowest BCUT2D eigenvalue weighted by molar-refractivity contribution is -0.124. The van der Waals surface area contributed by atoms with Gasteiger partial charge in [-0.15, -0.1) is 0 Å². The molecule has 1 aromatic rings. The van der Waals surface area contributed by atoms with Crippen LogP contribution in [0.3, 0.4) is 0 Å². The van der Waals surface area contributed by atoms with Crippen LogP contribution in [0, 0.1) is 0 Å². The molecule has 3 rings (SSSR count). The number of hydrogen-bond acceptors (Lipinski definition) is 5. The van der Waals surface area contributed by atoms with Crippen molar-refractivity contribution in [3.8, 4) is 0 Å². The van der Waals surface area contributed by atoms with Crippen molar-refractivity contribution in [2.24, 2.45) is 0 Å². The standard InChI is InChI=1S/C18H25N3O3S/c1-19-10-12-20(13-11-19)15-17-7-8-18(22)21(17)25(23,24)14-9-16-5-3-2-4-6-16/h2-6,9,14,17H,7-8,10-13,15H2,1H3/t17-/m0/s1. The molecule has 0 bridgehead atoms. The molecule has 2 heterocycles. The number of sulfonamides is 1. The third-order valence-electron chi connectivity index (χ3n) is 4.84. The Morgan fingerprint density at radius 3 is 2.48 bits per heavy atom. The van der Waals surface area contributed by atoms with Crippen LogP contribution in [0.25, 0.3) is 6.08 Å². The molecule has 6 nitrogen and oxygen atoms in total. The van der Waals surface area contributed by atoms with Crippen molar-refractivity contribution in [3.05, 3.63) is 41.3 Å². The van der Waals surface area contributed by atoms with Crippen LogP contribution in [0.5, 0.6) is 0 Å². The Balaban J connectivity index is 1.71. The number of nitrogens with zero attached hydrogens (tertiary/aromatic N) is 3. The summed E-state index contributed by atoms with van der Waals surface area (Å²) < 4.78 is 26.5. The number of benzene rings is 1. The minimum atomic E-state index is -3.75. The molecule has 0 aliphatic carbocycles. The summed E-state index contributed by atoms with van der Waals surface area (Å²) in [6.45, 7) is 4.39. The molecule has 0 N–H and O–H groups in total. The van der Waals surface area contributed by atoms with Gasteiger partial charge >= 0.3 is 0 Å². The lowest BCUT2D eigenvalue weighted by Crippen LogP contribution is -2.50. The molecule has 1 atom stereocenters. The minimum Gasteiger partial charge on any atom is -0.304 e. The van der Waals surface area contributed by atoms with Gasteiger partial charge in [-0.3, -0.25) is 9.69 Å². The molecular formula is C18H25N3O3S. The van der Waals surface area contributed by atoms with E-state index in [-0.39, 0.29) is 11.9 Å². The van der Waals surface area contributed by atoms with Crippen LogP contribution in [0.15, 0.2) is 35.7 Å². The molecule has 2 aliphatic heterocycles. The van der Waals surface area contributed by atoms with Crippen molar-refractivity contribution >= 4 is 22.0 Å². The van der Waals surface area contributed by atoms with Gasteiger partial charge in [0.2, 0.25) is 5.91 Å². The second-order valence-corrected chi connectivity index (χ2v) is 8.44. The number of likely N-dealkylation sites (N-methyl/N-ethyl adjacent to an activating group) is 1. The summed E-state index contributed by atoms with van der Waals surface area (Å²) in [5, 5.41) is 1.16. The van der Waals surface area contributed by atoms with Gasteiger partial charge in [-0.05, 0) is 25.1 Å². The van der Waals surface area contributed by atoms with E-state index in [1.165, 1.54) is 0 Å². The first-order valence-electron chi connectivity index (χ1n) is 8.67. The van der Waals surface area contributed by atoms with Gasteiger partial charge in [0.25, 0.3) is 10.0 Å². The van der Waals surface area contributed by atoms with Crippen molar-refractivity contribution < 1.29 is 13.2 Å². The first-order chi connectivity index (χ1) is 12.0. The zero-order chi connectivity index (χ0) is 17.9. The van der Waals surface area contributed by atoms with Gasteiger partial charge in [-0.1, -0.05) is 30.3 Å². The number of piperazine rings is 1. The molecule has 0 unspecified atom stereocenters.